The molecular weight excluding hydrogens is 270 g/mol. The molecule has 0 atom stereocenters. The fourth-order valence-electron chi connectivity index (χ4n) is 2.44. The van der Waals surface area contributed by atoms with Crippen molar-refractivity contribution >= 4 is 11.5 Å². The second-order valence-corrected chi connectivity index (χ2v) is 6.99. The molecule has 0 saturated carbocycles. The van der Waals surface area contributed by atoms with Gasteiger partial charge in [0, 0.05) is 23.2 Å². The third-order valence-electron chi connectivity index (χ3n) is 3.52. The minimum absolute atomic E-state index is 0.0248. The van der Waals surface area contributed by atoms with E-state index < -0.39 is 0 Å². The fourth-order valence-corrected chi connectivity index (χ4v) is 2.44. The summed E-state index contributed by atoms with van der Waals surface area (Å²) in [5.74, 6) is 0.155. The summed E-state index contributed by atoms with van der Waals surface area (Å²) in [4.78, 5) is 12.5. The van der Waals surface area contributed by atoms with Gasteiger partial charge in [-0.25, -0.2) is 0 Å². The molecule has 0 heterocycles. The number of nitrogens with one attached hydrogen (secondary N) is 1. The van der Waals surface area contributed by atoms with Gasteiger partial charge in [0.25, 0.3) is 0 Å². The van der Waals surface area contributed by atoms with E-state index in [1.54, 1.807) is 0 Å². The average molecular weight is 295 g/mol. The molecule has 0 spiro atoms. The van der Waals surface area contributed by atoms with Gasteiger partial charge in [-0.1, -0.05) is 42.0 Å². The van der Waals surface area contributed by atoms with E-state index in [2.05, 4.69) is 39.1 Å². The number of hydrogen-bond acceptors (Lipinski definition) is 2. The van der Waals surface area contributed by atoms with Crippen LogP contribution in [-0.2, 0) is 6.42 Å². The first-order valence-corrected chi connectivity index (χ1v) is 7.72. The Hall–Kier alpha value is -2.09. The van der Waals surface area contributed by atoms with Gasteiger partial charge in [0.05, 0.1) is 0 Å². The van der Waals surface area contributed by atoms with Gasteiger partial charge in [-0.3, -0.25) is 4.79 Å². The summed E-state index contributed by atoms with van der Waals surface area (Å²) in [7, 11) is 0. The lowest BCUT2D eigenvalue weighted by Gasteiger charge is -2.24. The highest BCUT2D eigenvalue weighted by Gasteiger charge is 2.14. The second-order valence-electron chi connectivity index (χ2n) is 6.99. The molecule has 0 fully saturated rings. The van der Waals surface area contributed by atoms with Gasteiger partial charge >= 0.3 is 0 Å². The number of ketones is 1. The summed E-state index contributed by atoms with van der Waals surface area (Å²) in [6.07, 6.45) is 0.444. The summed E-state index contributed by atoms with van der Waals surface area (Å²) in [6, 6.07) is 14.0. The maximum atomic E-state index is 12.5. The third kappa shape index (κ3) is 4.45. The molecular formula is C20H25NO. The highest BCUT2D eigenvalue weighted by molar-refractivity contribution is 5.98. The Labute approximate surface area is 133 Å². The number of carbonyl (C=O) groups excluding carboxylic acids is 1. The minimum Gasteiger partial charge on any atom is -0.380 e. The lowest BCUT2D eigenvalue weighted by atomic mass is 9.99. The molecule has 0 aliphatic heterocycles. The molecule has 2 heteroatoms. The summed E-state index contributed by atoms with van der Waals surface area (Å²) in [5.41, 5.74) is 5.17. The molecule has 0 aromatic heterocycles. The largest absolute Gasteiger partial charge is 0.380 e. The van der Waals surface area contributed by atoms with Crippen LogP contribution in [0.3, 0.4) is 0 Å². The van der Waals surface area contributed by atoms with Crippen LogP contribution < -0.4 is 5.32 Å². The van der Waals surface area contributed by atoms with Crippen molar-refractivity contribution in [3.63, 3.8) is 0 Å². The zero-order valence-corrected chi connectivity index (χ0v) is 14.2. The Kier molecular flexibility index (Phi) is 4.70. The van der Waals surface area contributed by atoms with E-state index in [1.807, 2.05) is 43.3 Å². The van der Waals surface area contributed by atoms with Crippen molar-refractivity contribution in [2.75, 3.05) is 5.32 Å². The highest BCUT2D eigenvalue weighted by atomic mass is 16.1. The monoisotopic (exact) mass is 295 g/mol. The summed E-state index contributed by atoms with van der Waals surface area (Å²) in [5, 5.41) is 3.47. The first kappa shape index (κ1) is 16.3. The molecule has 2 nitrogen and oxygen atoms in total. The normalized spacial score (nSPS) is 11.3. The van der Waals surface area contributed by atoms with Crippen LogP contribution in [-0.4, -0.2) is 11.3 Å². The highest BCUT2D eigenvalue weighted by Crippen LogP contribution is 2.22. The van der Waals surface area contributed by atoms with E-state index in [9.17, 15) is 4.79 Å². The summed E-state index contributed by atoms with van der Waals surface area (Å²) >= 11 is 0. The molecule has 116 valence electrons. The molecule has 2 aromatic rings. The predicted molar refractivity (Wildman–Crippen MR) is 93.8 cm³/mol. The first-order valence-electron chi connectivity index (χ1n) is 7.72. The number of aryl methyl sites for hydroxylation is 2. The number of carbonyl (C=O) groups is 1. The quantitative estimate of drug-likeness (QED) is 0.809. The van der Waals surface area contributed by atoms with Crippen LogP contribution in [0.1, 0.15) is 47.8 Å². The summed E-state index contributed by atoms with van der Waals surface area (Å²) in [6.45, 7) is 10.5. The second kappa shape index (κ2) is 6.35. The Bertz CT molecular complexity index is 680. The Morgan fingerprint density at radius 1 is 1.05 bits per heavy atom. The molecule has 2 rings (SSSR count). The van der Waals surface area contributed by atoms with Crippen molar-refractivity contribution in [3.8, 4) is 0 Å². The number of rotatable bonds is 4. The zero-order valence-electron chi connectivity index (χ0n) is 14.2. The topological polar surface area (TPSA) is 29.1 Å². The van der Waals surface area contributed by atoms with Crippen LogP contribution in [0.2, 0.25) is 0 Å². The molecule has 0 amide bonds. The average Bonchev–Trinajstić information content (AvgIpc) is 2.39. The number of Topliss-reactive ketones (excluding diaryl/α,β-unsaturated/α-hetero) is 1. The fraction of sp³-hybridized carbons (Fsp3) is 0.350. The SMILES string of the molecule is Cc1cccc(CC(=O)c2ccc(C)c(NC(C)(C)C)c2)c1. The maximum absolute atomic E-state index is 12.5. The van der Waals surface area contributed by atoms with Crippen LogP contribution in [0.15, 0.2) is 42.5 Å². The first-order chi connectivity index (χ1) is 10.2. The van der Waals surface area contributed by atoms with Crippen LogP contribution in [0.5, 0.6) is 0 Å². The van der Waals surface area contributed by atoms with Gasteiger partial charge in [0.1, 0.15) is 0 Å². The number of hydrogen-bond donors (Lipinski definition) is 1. The van der Waals surface area contributed by atoms with Gasteiger partial charge in [0.15, 0.2) is 5.78 Å². The Morgan fingerprint density at radius 2 is 1.77 bits per heavy atom. The van der Waals surface area contributed by atoms with Gasteiger partial charge in [-0.15, -0.1) is 0 Å². The van der Waals surface area contributed by atoms with E-state index in [1.165, 1.54) is 5.56 Å². The van der Waals surface area contributed by atoms with Gasteiger partial charge < -0.3 is 5.32 Å². The molecule has 0 aliphatic carbocycles. The van der Waals surface area contributed by atoms with Gasteiger partial charge in [-0.05, 0) is 51.8 Å². The molecule has 0 radical (unpaired) electrons. The molecule has 0 unspecified atom stereocenters. The predicted octanol–water partition coefficient (Wildman–Crippen LogP) is 4.94. The molecule has 0 saturated heterocycles. The van der Waals surface area contributed by atoms with E-state index in [0.29, 0.717) is 6.42 Å². The summed E-state index contributed by atoms with van der Waals surface area (Å²) < 4.78 is 0. The number of anilines is 1. The van der Waals surface area contributed by atoms with E-state index in [-0.39, 0.29) is 11.3 Å². The Balaban J connectivity index is 2.21. The van der Waals surface area contributed by atoms with E-state index in [0.717, 1.165) is 22.4 Å². The standard InChI is InChI=1S/C20H25NO/c1-14-7-6-8-16(11-14)12-19(22)17-10-9-15(2)18(13-17)21-20(3,4)5/h6-11,13,21H,12H2,1-5H3. The van der Waals surface area contributed by atoms with E-state index in [4.69, 9.17) is 0 Å². The smallest absolute Gasteiger partial charge is 0.167 e. The van der Waals surface area contributed by atoms with Crippen molar-refractivity contribution in [1.29, 1.82) is 0 Å². The molecule has 2 aromatic carbocycles. The van der Waals surface area contributed by atoms with Crippen molar-refractivity contribution < 1.29 is 4.79 Å². The zero-order chi connectivity index (χ0) is 16.3. The van der Waals surface area contributed by atoms with Gasteiger partial charge in [-0.2, -0.15) is 0 Å². The van der Waals surface area contributed by atoms with Crippen LogP contribution in [0, 0.1) is 13.8 Å². The number of benzene rings is 2. The molecule has 22 heavy (non-hydrogen) atoms. The molecule has 0 aliphatic rings. The van der Waals surface area contributed by atoms with Crippen LogP contribution in [0.25, 0.3) is 0 Å². The van der Waals surface area contributed by atoms with Crippen molar-refractivity contribution in [1.82, 2.24) is 0 Å². The van der Waals surface area contributed by atoms with Crippen molar-refractivity contribution in [3.05, 3.63) is 64.7 Å². The van der Waals surface area contributed by atoms with Crippen molar-refractivity contribution in [2.24, 2.45) is 0 Å². The van der Waals surface area contributed by atoms with Crippen LogP contribution in [0.4, 0.5) is 5.69 Å². The minimum atomic E-state index is -0.0248. The lowest BCUT2D eigenvalue weighted by molar-refractivity contribution is 0.0993. The third-order valence-corrected chi connectivity index (χ3v) is 3.52. The molecule has 1 N–H and O–H groups in total. The maximum Gasteiger partial charge on any atom is 0.167 e. The van der Waals surface area contributed by atoms with Crippen LogP contribution >= 0.6 is 0 Å². The van der Waals surface area contributed by atoms with Gasteiger partial charge in [0.2, 0.25) is 0 Å². The Morgan fingerprint density at radius 3 is 2.41 bits per heavy atom. The van der Waals surface area contributed by atoms with E-state index >= 15 is 0 Å². The molecule has 0 bridgehead atoms. The van der Waals surface area contributed by atoms with Crippen molar-refractivity contribution in [2.45, 2.75) is 46.6 Å². The lowest BCUT2D eigenvalue weighted by Crippen LogP contribution is -2.26.